The minimum absolute atomic E-state index is 0.244. The first-order chi connectivity index (χ1) is 8.67. The van der Waals surface area contributed by atoms with Gasteiger partial charge in [-0.1, -0.05) is 50.5 Å². The van der Waals surface area contributed by atoms with E-state index in [-0.39, 0.29) is 12.4 Å². The quantitative estimate of drug-likeness (QED) is 0.597. The normalized spacial score (nSPS) is 12.2. The van der Waals surface area contributed by atoms with Gasteiger partial charge in [0.1, 0.15) is 0 Å². The van der Waals surface area contributed by atoms with E-state index < -0.39 is 6.10 Å². The van der Waals surface area contributed by atoms with E-state index in [4.69, 9.17) is 0 Å². The summed E-state index contributed by atoms with van der Waals surface area (Å²) in [6, 6.07) is 7.51. The standard InChI is InChI=1S/C15H22O3/c1-3-4-5-6-14(16)13-9-7-12(8-10-13)11-15(17)18-2/h7-10,14,16H,3-6,11H2,1-2H3. The maximum absolute atomic E-state index is 11.1. The monoisotopic (exact) mass is 250 g/mol. The fourth-order valence-electron chi connectivity index (χ4n) is 1.85. The average molecular weight is 250 g/mol. The van der Waals surface area contributed by atoms with Crippen molar-refractivity contribution in [2.24, 2.45) is 0 Å². The molecule has 3 nitrogen and oxygen atoms in total. The minimum Gasteiger partial charge on any atom is -0.469 e. The van der Waals surface area contributed by atoms with Crippen molar-refractivity contribution in [2.45, 2.75) is 45.1 Å². The van der Waals surface area contributed by atoms with Gasteiger partial charge >= 0.3 is 5.97 Å². The van der Waals surface area contributed by atoms with Crippen molar-refractivity contribution in [3.05, 3.63) is 35.4 Å². The molecule has 3 heteroatoms. The molecule has 1 unspecified atom stereocenters. The number of ether oxygens (including phenoxy) is 1. The fourth-order valence-corrected chi connectivity index (χ4v) is 1.85. The van der Waals surface area contributed by atoms with E-state index in [1.54, 1.807) is 0 Å². The molecule has 0 aliphatic heterocycles. The zero-order chi connectivity index (χ0) is 13.4. The Balaban J connectivity index is 2.51. The second-order valence-corrected chi connectivity index (χ2v) is 4.51. The van der Waals surface area contributed by atoms with Crippen LogP contribution in [0.4, 0.5) is 0 Å². The number of carbonyl (C=O) groups is 1. The summed E-state index contributed by atoms with van der Waals surface area (Å²) in [5.74, 6) is -0.244. The molecule has 1 aromatic carbocycles. The van der Waals surface area contributed by atoms with E-state index in [9.17, 15) is 9.90 Å². The number of rotatable bonds is 7. The minimum atomic E-state index is -0.399. The summed E-state index contributed by atoms with van der Waals surface area (Å²) < 4.78 is 4.61. The number of esters is 1. The maximum atomic E-state index is 11.1. The number of hydrogen-bond donors (Lipinski definition) is 1. The summed E-state index contributed by atoms with van der Waals surface area (Å²) in [4.78, 5) is 11.1. The van der Waals surface area contributed by atoms with Gasteiger partial charge in [-0.05, 0) is 17.5 Å². The van der Waals surface area contributed by atoms with Gasteiger partial charge in [0.2, 0.25) is 0 Å². The van der Waals surface area contributed by atoms with Crippen molar-refractivity contribution in [3.63, 3.8) is 0 Å². The molecule has 0 spiro atoms. The third kappa shape index (κ3) is 4.88. The van der Waals surface area contributed by atoms with Crippen LogP contribution in [0.3, 0.4) is 0 Å². The molecule has 0 aliphatic carbocycles. The number of carbonyl (C=O) groups excluding carboxylic acids is 1. The van der Waals surface area contributed by atoms with Crippen molar-refractivity contribution in [3.8, 4) is 0 Å². The zero-order valence-electron chi connectivity index (χ0n) is 11.2. The summed E-state index contributed by atoms with van der Waals surface area (Å²) in [6.07, 6.45) is 4.03. The van der Waals surface area contributed by atoms with Gasteiger partial charge in [0.05, 0.1) is 19.6 Å². The van der Waals surface area contributed by atoms with Gasteiger partial charge in [-0.25, -0.2) is 0 Å². The molecule has 1 rings (SSSR count). The molecule has 0 aromatic heterocycles. The topological polar surface area (TPSA) is 46.5 Å². The van der Waals surface area contributed by atoms with Gasteiger partial charge in [-0.15, -0.1) is 0 Å². The van der Waals surface area contributed by atoms with Crippen LogP contribution in [0.1, 0.15) is 49.8 Å². The number of methoxy groups -OCH3 is 1. The van der Waals surface area contributed by atoms with Crippen LogP contribution < -0.4 is 0 Å². The highest BCUT2D eigenvalue weighted by Crippen LogP contribution is 2.20. The van der Waals surface area contributed by atoms with Gasteiger partial charge in [0.25, 0.3) is 0 Å². The van der Waals surface area contributed by atoms with Crippen molar-refractivity contribution in [1.82, 2.24) is 0 Å². The van der Waals surface area contributed by atoms with Gasteiger partial charge in [-0.2, -0.15) is 0 Å². The number of hydrogen-bond acceptors (Lipinski definition) is 3. The first-order valence-corrected chi connectivity index (χ1v) is 6.51. The largest absolute Gasteiger partial charge is 0.469 e. The lowest BCUT2D eigenvalue weighted by molar-refractivity contribution is -0.139. The molecule has 0 aliphatic rings. The molecular formula is C15H22O3. The van der Waals surface area contributed by atoms with Crippen LogP contribution in [0.25, 0.3) is 0 Å². The molecule has 0 amide bonds. The SMILES string of the molecule is CCCCCC(O)c1ccc(CC(=O)OC)cc1. The van der Waals surface area contributed by atoms with E-state index >= 15 is 0 Å². The Labute approximate surface area is 109 Å². The first kappa shape index (κ1) is 14.7. The number of benzene rings is 1. The highest BCUT2D eigenvalue weighted by Gasteiger charge is 2.08. The van der Waals surface area contributed by atoms with Crippen molar-refractivity contribution < 1.29 is 14.6 Å². The summed E-state index contributed by atoms with van der Waals surface area (Å²) in [5.41, 5.74) is 1.83. The van der Waals surface area contributed by atoms with Crippen LogP contribution in [-0.2, 0) is 16.0 Å². The fraction of sp³-hybridized carbons (Fsp3) is 0.533. The molecule has 0 fully saturated rings. The van der Waals surface area contributed by atoms with Crippen molar-refractivity contribution in [1.29, 1.82) is 0 Å². The van der Waals surface area contributed by atoms with Gasteiger partial charge in [0, 0.05) is 0 Å². The van der Waals surface area contributed by atoms with Crippen LogP contribution in [0.5, 0.6) is 0 Å². The highest BCUT2D eigenvalue weighted by atomic mass is 16.5. The second kappa shape index (κ2) is 7.88. The molecule has 0 saturated heterocycles. The molecule has 18 heavy (non-hydrogen) atoms. The van der Waals surface area contributed by atoms with E-state index in [0.717, 1.165) is 36.8 Å². The first-order valence-electron chi connectivity index (χ1n) is 6.51. The Hall–Kier alpha value is -1.35. The molecule has 0 bridgehead atoms. The molecule has 0 heterocycles. The Morgan fingerprint density at radius 2 is 1.94 bits per heavy atom. The summed E-state index contributed by atoms with van der Waals surface area (Å²) in [5, 5.41) is 9.97. The van der Waals surface area contributed by atoms with E-state index in [0.29, 0.717) is 0 Å². The van der Waals surface area contributed by atoms with Crippen LogP contribution in [0.2, 0.25) is 0 Å². The lowest BCUT2D eigenvalue weighted by atomic mass is 10.0. The highest BCUT2D eigenvalue weighted by molar-refractivity contribution is 5.72. The molecule has 100 valence electrons. The number of aliphatic hydroxyl groups is 1. The maximum Gasteiger partial charge on any atom is 0.309 e. The summed E-state index contributed by atoms with van der Waals surface area (Å²) >= 11 is 0. The van der Waals surface area contributed by atoms with E-state index in [1.165, 1.54) is 7.11 Å². The smallest absolute Gasteiger partial charge is 0.309 e. The van der Waals surface area contributed by atoms with Crippen molar-refractivity contribution >= 4 is 5.97 Å². The second-order valence-electron chi connectivity index (χ2n) is 4.51. The Morgan fingerprint density at radius 1 is 1.28 bits per heavy atom. The van der Waals surface area contributed by atoms with E-state index in [2.05, 4.69) is 11.7 Å². The molecule has 0 radical (unpaired) electrons. The molecular weight excluding hydrogens is 228 g/mol. The third-order valence-corrected chi connectivity index (χ3v) is 3.02. The van der Waals surface area contributed by atoms with Crippen LogP contribution >= 0.6 is 0 Å². The predicted molar refractivity (Wildman–Crippen MR) is 71.3 cm³/mol. The summed E-state index contributed by atoms with van der Waals surface area (Å²) in [7, 11) is 1.38. The predicted octanol–water partition coefficient (Wildman–Crippen LogP) is 3.02. The van der Waals surface area contributed by atoms with Crippen LogP contribution in [-0.4, -0.2) is 18.2 Å². The van der Waals surface area contributed by atoms with E-state index in [1.807, 2.05) is 24.3 Å². The molecule has 1 atom stereocenters. The van der Waals surface area contributed by atoms with Gasteiger partial charge < -0.3 is 9.84 Å². The zero-order valence-corrected chi connectivity index (χ0v) is 11.2. The van der Waals surface area contributed by atoms with Crippen LogP contribution in [0.15, 0.2) is 24.3 Å². The Morgan fingerprint density at radius 3 is 2.50 bits per heavy atom. The molecule has 1 aromatic rings. The average Bonchev–Trinajstić information content (AvgIpc) is 2.39. The molecule has 0 saturated carbocycles. The van der Waals surface area contributed by atoms with Crippen molar-refractivity contribution in [2.75, 3.05) is 7.11 Å². The van der Waals surface area contributed by atoms with Crippen LogP contribution in [0, 0.1) is 0 Å². The lowest BCUT2D eigenvalue weighted by Crippen LogP contribution is -2.04. The number of unbranched alkanes of at least 4 members (excludes halogenated alkanes) is 2. The van der Waals surface area contributed by atoms with Gasteiger partial charge in [-0.3, -0.25) is 4.79 Å². The summed E-state index contributed by atoms with van der Waals surface area (Å²) in [6.45, 7) is 2.15. The third-order valence-electron chi connectivity index (χ3n) is 3.02. The Bertz CT molecular complexity index is 357. The Kier molecular flexibility index (Phi) is 6.44. The molecule has 1 N–H and O–H groups in total. The van der Waals surface area contributed by atoms with Gasteiger partial charge in [0.15, 0.2) is 0 Å². The lowest BCUT2D eigenvalue weighted by Gasteiger charge is -2.11. The number of aliphatic hydroxyl groups excluding tert-OH is 1.